The lowest BCUT2D eigenvalue weighted by Gasteiger charge is -2.10. The fourth-order valence-electron chi connectivity index (χ4n) is 2.11. The summed E-state index contributed by atoms with van der Waals surface area (Å²) in [6.45, 7) is 1.98. The molecule has 1 saturated carbocycles. The van der Waals surface area contributed by atoms with E-state index in [4.69, 9.17) is 5.73 Å². The fourth-order valence-corrected chi connectivity index (χ4v) is 2.83. The number of nitrogens with zero attached hydrogens (tertiary/aromatic N) is 2. The zero-order valence-electron chi connectivity index (χ0n) is 10.3. The molecule has 3 rings (SSSR count). The van der Waals surface area contributed by atoms with E-state index in [9.17, 15) is 0 Å². The van der Waals surface area contributed by atoms with Crippen molar-refractivity contribution in [2.45, 2.75) is 31.7 Å². The van der Waals surface area contributed by atoms with Crippen LogP contribution in [0.3, 0.4) is 0 Å². The Balaban J connectivity index is 1.93. The van der Waals surface area contributed by atoms with Gasteiger partial charge in [0.05, 0.1) is 11.4 Å². The largest absolute Gasteiger partial charge is 0.324 e. The first-order valence-electron chi connectivity index (χ1n) is 6.26. The van der Waals surface area contributed by atoms with Gasteiger partial charge in [-0.15, -0.1) is 0 Å². The van der Waals surface area contributed by atoms with Gasteiger partial charge in [-0.05, 0) is 43.5 Å². The molecular weight excluding hydrogens is 290 g/mol. The zero-order chi connectivity index (χ0) is 12.7. The molecule has 1 unspecified atom stereocenters. The number of hydrogen-bond donors (Lipinski definition) is 1. The van der Waals surface area contributed by atoms with Crippen molar-refractivity contribution in [1.29, 1.82) is 0 Å². The van der Waals surface area contributed by atoms with Crippen molar-refractivity contribution in [3.63, 3.8) is 0 Å². The molecule has 1 aromatic carbocycles. The van der Waals surface area contributed by atoms with E-state index in [1.807, 2.05) is 17.8 Å². The van der Waals surface area contributed by atoms with Crippen LogP contribution < -0.4 is 5.73 Å². The summed E-state index contributed by atoms with van der Waals surface area (Å²) >= 11 is 3.57. The molecule has 0 saturated heterocycles. The first kappa shape index (κ1) is 11.9. The summed E-state index contributed by atoms with van der Waals surface area (Å²) < 4.78 is 2.97. The molecule has 3 nitrogen and oxygen atoms in total. The molecule has 1 heterocycles. The molecule has 0 spiro atoms. The average Bonchev–Trinajstić information content (AvgIpc) is 3.06. The molecule has 0 bridgehead atoms. The second kappa shape index (κ2) is 4.52. The number of nitrogens with two attached hydrogens (primary N) is 1. The fraction of sp³-hybridized carbons (Fsp3) is 0.357. The van der Waals surface area contributed by atoms with Crippen molar-refractivity contribution < 1.29 is 0 Å². The topological polar surface area (TPSA) is 43.8 Å². The standard InChI is InChI=1S/C14H16BrN3/c1-9(16)12-5-4-11(8-13(12)15)18-7-6-14(17-18)10-2-3-10/h4-10H,2-3,16H2,1H3. The van der Waals surface area contributed by atoms with Crippen molar-refractivity contribution in [3.05, 3.63) is 46.2 Å². The molecular formula is C14H16BrN3. The van der Waals surface area contributed by atoms with Crippen LogP contribution in [0.25, 0.3) is 5.69 Å². The van der Waals surface area contributed by atoms with Gasteiger partial charge in [0.25, 0.3) is 0 Å². The van der Waals surface area contributed by atoms with Crippen LogP contribution in [0.1, 0.15) is 43.0 Å². The van der Waals surface area contributed by atoms with Crippen molar-refractivity contribution in [3.8, 4) is 5.69 Å². The quantitative estimate of drug-likeness (QED) is 0.942. The van der Waals surface area contributed by atoms with E-state index in [0.717, 1.165) is 15.7 Å². The maximum atomic E-state index is 5.90. The molecule has 1 aliphatic rings. The molecule has 94 valence electrons. The maximum absolute atomic E-state index is 5.90. The lowest BCUT2D eigenvalue weighted by Crippen LogP contribution is -2.06. The van der Waals surface area contributed by atoms with Crippen molar-refractivity contribution in [2.75, 3.05) is 0 Å². The van der Waals surface area contributed by atoms with Gasteiger partial charge in [0.15, 0.2) is 0 Å². The molecule has 1 aromatic heterocycles. The van der Waals surface area contributed by atoms with E-state index in [-0.39, 0.29) is 6.04 Å². The van der Waals surface area contributed by atoms with E-state index < -0.39 is 0 Å². The Morgan fingerprint density at radius 3 is 2.78 bits per heavy atom. The number of rotatable bonds is 3. The monoisotopic (exact) mass is 305 g/mol. The Morgan fingerprint density at radius 2 is 2.17 bits per heavy atom. The predicted octanol–water partition coefficient (Wildman–Crippen LogP) is 3.53. The molecule has 0 radical (unpaired) electrons. The second-order valence-electron chi connectivity index (χ2n) is 4.95. The molecule has 2 N–H and O–H groups in total. The Hall–Kier alpha value is -1.13. The van der Waals surface area contributed by atoms with E-state index in [1.54, 1.807) is 0 Å². The van der Waals surface area contributed by atoms with Gasteiger partial charge in [-0.2, -0.15) is 5.10 Å². The molecule has 2 aromatic rings. The van der Waals surface area contributed by atoms with Gasteiger partial charge >= 0.3 is 0 Å². The minimum Gasteiger partial charge on any atom is -0.324 e. The molecule has 1 aliphatic carbocycles. The SMILES string of the molecule is CC(N)c1ccc(-n2ccc(C3CC3)n2)cc1Br. The Bertz CT molecular complexity index is 570. The van der Waals surface area contributed by atoms with Crippen LogP contribution in [-0.4, -0.2) is 9.78 Å². The van der Waals surface area contributed by atoms with Crippen molar-refractivity contribution in [1.82, 2.24) is 9.78 Å². The molecule has 0 aliphatic heterocycles. The smallest absolute Gasteiger partial charge is 0.0659 e. The lowest BCUT2D eigenvalue weighted by atomic mass is 10.1. The van der Waals surface area contributed by atoms with Crippen LogP contribution in [0.4, 0.5) is 0 Å². The number of halogens is 1. The van der Waals surface area contributed by atoms with E-state index in [0.29, 0.717) is 5.92 Å². The number of benzene rings is 1. The van der Waals surface area contributed by atoms with Crippen LogP contribution in [0, 0.1) is 0 Å². The van der Waals surface area contributed by atoms with E-state index in [2.05, 4.69) is 45.3 Å². The highest BCUT2D eigenvalue weighted by molar-refractivity contribution is 9.10. The molecule has 4 heteroatoms. The van der Waals surface area contributed by atoms with Crippen molar-refractivity contribution >= 4 is 15.9 Å². The summed E-state index contributed by atoms with van der Waals surface area (Å²) in [5, 5.41) is 4.62. The Morgan fingerprint density at radius 1 is 1.39 bits per heavy atom. The molecule has 1 atom stereocenters. The van der Waals surface area contributed by atoms with E-state index in [1.165, 1.54) is 18.5 Å². The minimum absolute atomic E-state index is 0.0353. The highest BCUT2D eigenvalue weighted by Crippen LogP contribution is 2.39. The lowest BCUT2D eigenvalue weighted by molar-refractivity contribution is 0.805. The summed E-state index contributed by atoms with van der Waals surface area (Å²) in [5.74, 6) is 0.693. The minimum atomic E-state index is 0.0353. The number of hydrogen-bond acceptors (Lipinski definition) is 2. The van der Waals surface area contributed by atoms with Crippen LogP contribution in [0.2, 0.25) is 0 Å². The van der Waals surface area contributed by atoms with E-state index >= 15 is 0 Å². The van der Waals surface area contributed by atoms with Crippen LogP contribution in [-0.2, 0) is 0 Å². The summed E-state index contributed by atoms with van der Waals surface area (Å²) in [7, 11) is 0. The maximum Gasteiger partial charge on any atom is 0.0659 e. The van der Waals surface area contributed by atoms with Gasteiger partial charge in [-0.1, -0.05) is 22.0 Å². The third-order valence-corrected chi connectivity index (χ3v) is 4.03. The third kappa shape index (κ3) is 2.22. The highest BCUT2D eigenvalue weighted by Gasteiger charge is 2.25. The number of aromatic nitrogens is 2. The predicted molar refractivity (Wildman–Crippen MR) is 75.8 cm³/mol. The summed E-state index contributed by atoms with van der Waals surface area (Å²) in [4.78, 5) is 0. The second-order valence-corrected chi connectivity index (χ2v) is 5.81. The van der Waals surface area contributed by atoms with Gasteiger partial charge in [0, 0.05) is 22.6 Å². The van der Waals surface area contributed by atoms with Gasteiger partial charge in [-0.3, -0.25) is 0 Å². The first-order chi connectivity index (χ1) is 8.65. The molecule has 18 heavy (non-hydrogen) atoms. The van der Waals surface area contributed by atoms with Gasteiger partial charge in [0.1, 0.15) is 0 Å². The van der Waals surface area contributed by atoms with Crippen LogP contribution in [0.15, 0.2) is 34.9 Å². The van der Waals surface area contributed by atoms with Crippen LogP contribution in [0.5, 0.6) is 0 Å². The average molecular weight is 306 g/mol. The highest BCUT2D eigenvalue weighted by atomic mass is 79.9. The first-order valence-corrected chi connectivity index (χ1v) is 7.05. The van der Waals surface area contributed by atoms with Gasteiger partial charge in [-0.25, -0.2) is 4.68 Å². The summed E-state index contributed by atoms with van der Waals surface area (Å²) in [6.07, 6.45) is 4.59. The van der Waals surface area contributed by atoms with Gasteiger partial charge < -0.3 is 5.73 Å². The normalized spacial score (nSPS) is 16.8. The molecule has 0 amide bonds. The summed E-state index contributed by atoms with van der Waals surface area (Å²) in [6, 6.07) is 8.34. The Kier molecular flexibility index (Phi) is 2.99. The third-order valence-electron chi connectivity index (χ3n) is 3.34. The zero-order valence-corrected chi connectivity index (χ0v) is 11.9. The van der Waals surface area contributed by atoms with Crippen molar-refractivity contribution in [2.24, 2.45) is 5.73 Å². The molecule has 1 fully saturated rings. The Labute approximate surface area is 115 Å². The summed E-state index contributed by atoms with van der Waals surface area (Å²) in [5.41, 5.74) is 9.30. The van der Waals surface area contributed by atoms with Gasteiger partial charge in [0.2, 0.25) is 0 Å². The van der Waals surface area contributed by atoms with Crippen LogP contribution >= 0.6 is 15.9 Å².